The van der Waals surface area contributed by atoms with E-state index in [2.05, 4.69) is 10.2 Å². The Labute approximate surface area is 219 Å². The number of rotatable bonds is 9. The first-order valence-corrected chi connectivity index (χ1v) is 13.3. The second-order valence-electron chi connectivity index (χ2n) is 10.5. The first-order valence-electron chi connectivity index (χ1n) is 12.9. The van der Waals surface area contributed by atoms with E-state index in [1.807, 2.05) is 0 Å². The van der Waals surface area contributed by atoms with Crippen molar-refractivity contribution >= 4 is 23.4 Å². The number of carboxylic acid groups (broad SMARTS) is 1. The SMILES string of the molecule is O=C(O)C1CCC(C(=O)c2cc(C3CC3)c(OCC3CCN(Cc4cc(F)cc(Cl)c4)CC3)cc2F)N1. The Balaban J connectivity index is 1.18. The van der Waals surface area contributed by atoms with Gasteiger partial charge in [-0.2, -0.15) is 0 Å². The molecule has 0 aromatic heterocycles. The van der Waals surface area contributed by atoms with Gasteiger partial charge in [0, 0.05) is 17.6 Å². The molecule has 9 heteroatoms. The zero-order valence-corrected chi connectivity index (χ0v) is 21.3. The van der Waals surface area contributed by atoms with Crippen molar-refractivity contribution in [2.45, 2.75) is 63.1 Å². The Kier molecular flexibility index (Phi) is 7.79. The first-order chi connectivity index (χ1) is 17.8. The van der Waals surface area contributed by atoms with Gasteiger partial charge in [-0.25, -0.2) is 8.78 Å². The normalized spacial score (nSPS) is 22.8. The summed E-state index contributed by atoms with van der Waals surface area (Å²) >= 11 is 5.97. The maximum atomic E-state index is 15.1. The molecule has 0 spiro atoms. The van der Waals surface area contributed by atoms with Gasteiger partial charge in [0.2, 0.25) is 0 Å². The van der Waals surface area contributed by atoms with Crippen LogP contribution in [0.1, 0.15) is 65.9 Å². The number of nitrogens with zero attached hydrogens (tertiary/aromatic N) is 1. The van der Waals surface area contributed by atoms with Crippen LogP contribution < -0.4 is 10.1 Å². The van der Waals surface area contributed by atoms with E-state index >= 15 is 4.39 Å². The number of carbonyl (C=O) groups is 2. The van der Waals surface area contributed by atoms with Gasteiger partial charge in [-0.15, -0.1) is 0 Å². The number of benzene rings is 2. The Morgan fingerprint density at radius 1 is 1.00 bits per heavy atom. The number of likely N-dealkylation sites (tertiary alicyclic amines) is 1. The molecule has 6 nitrogen and oxygen atoms in total. The molecule has 2 aromatic rings. The number of Topliss-reactive ketones (excluding diaryl/α,β-unsaturated/α-hetero) is 1. The van der Waals surface area contributed by atoms with Gasteiger partial charge in [-0.3, -0.25) is 19.8 Å². The second-order valence-corrected chi connectivity index (χ2v) is 10.9. The molecule has 37 heavy (non-hydrogen) atoms. The summed E-state index contributed by atoms with van der Waals surface area (Å²) < 4.78 is 34.8. The molecule has 5 rings (SSSR count). The summed E-state index contributed by atoms with van der Waals surface area (Å²) in [7, 11) is 0. The van der Waals surface area contributed by atoms with Crippen LogP contribution in [0.2, 0.25) is 5.02 Å². The van der Waals surface area contributed by atoms with Crippen LogP contribution in [-0.4, -0.2) is 53.5 Å². The number of nitrogens with one attached hydrogen (secondary N) is 1. The predicted octanol–water partition coefficient (Wildman–Crippen LogP) is 5.17. The van der Waals surface area contributed by atoms with E-state index in [4.69, 9.17) is 16.3 Å². The molecule has 1 aliphatic carbocycles. The molecule has 3 aliphatic rings. The molecule has 2 N–H and O–H groups in total. The number of hydrogen-bond acceptors (Lipinski definition) is 5. The van der Waals surface area contributed by atoms with Crippen LogP contribution in [0.5, 0.6) is 5.75 Å². The van der Waals surface area contributed by atoms with Crippen molar-refractivity contribution in [2.24, 2.45) is 5.92 Å². The molecule has 2 atom stereocenters. The van der Waals surface area contributed by atoms with E-state index in [-0.39, 0.29) is 17.3 Å². The third-order valence-corrected chi connectivity index (χ3v) is 7.87. The second kappa shape index (κ2) is 11.1. The van der Waals surface area contributed by atoms with E-state index in [1.54, 1.807) is 12.1 Å². The van der Waals surface area contributed by atoms with Crippen molar-refractivity contribution < 1.29 is 28.2 Å². The summed E-state index contributed by atoms with van der Waals surface area (Å²) in [5.74, 6) is -1.29. The summed E-state index contributed by atoms with van der Waals surface area (Å²) in [6.07, 6.45) is 4.50. The highest BCUT2D eigenvalue weighted by molar-refractivity contribution is 6.30. The van der Waals surface area contributed by atoms with E-state index < -0.39 is 29.7 Å². The maximum Gasteiger partial charge on any atom is 0.320 e. The number of carboxylic acids is 1. The maximum absolute atomic E-state index is 15.1. The van der Waals surface area contributed by atoms with Crippen molar-refractivity contribution in [1.82, 2.24) is 10.2 Å². The Morgan fingerprint density at radius 2 is 1.73 bits per heavy atom. The van der Waals surface area contributed by atoms with Crippen LogP contribution in [-0.2, 0) is 11.3 Å². The molecule has 0 radical (unpaired) electrons. The van der Waals surface area contributed by atoms with Crippen LogP contribution in [0, 0.1) is 17.6 Å². The van der Waals surface area contributed by atoms with Gasteiger partial charge in [-0.1, -0.05) is 11.6 Å². The molecule has 2 aliphatic heterocycles. The smallest absolute Gasteiger partial charge is 0.320 e. The van der Waals surface area contributed by atoms with E-state index in [0.717, 1.165) is 49.9 Å². The van der Waals surface area contributed by atoms with Gasteiger partial charge >= 0.3 is 5.97 Å². The van der Waals surface area contributed by atoms with Crippen LogP contribution in [0.4, 0.5) is 8.78 Å². The Hall–Kier alpha value is -2.55. The lowest BCUT2D eigenvalue weighted by atomic mass is 9.96. The van der Waals surface area contributed by atoms with Crippen LogP contribution in [0.3, 0.4) is 0 Å². The highest BCUT2D eigenvalue weighted by Gasteiger charge is 2.36. The molecule has 3 fully saturated rings. The summed E-state index contributed by atoms with van der Waals surface area (Å²) in [5, 5.41) is 12.4. The van der Waals surface area contributed by atoms with Crippen molar-refractivity contribution in [3.63, 3.8) is 0 Å². The minimum Gasteiger partial charge on any atom is -0.493 e. The van der Waals surface area contributed by atoms with Crippen molar-refractivity contribution in [3.05, 3.63) is 63.7 Å². The summed E-state index contributed by atoms with van der Waals surface area (Å²) in [5.41, 5.74) is 1.71. The van der Waals surface area contributed by atoms with Crippen LogP contribution in [0.25, 0.3) is 0 Å². The number of carbonyl (C=O) groups excluding carboxylic acids is 1. The number of ketones is 1. The van der Waals surface area contributed by atoms with Gasteiger partial charge in [0.1, 0.15) is 23.4 Å². The lowest BCUT2D eigenvalue weighted by molar-refractivity contribution is -0.139. The average molecular weight is 533 g/mol. The third kappa shape index (κ3) is 6.30. The van der Waals surface area contributed by atoms with Gasteiger partial charge in [0.25, 0.3) is 0 Å². The minimum atomic E-state index is -0.998. The molecule has 198 valence electrons. The van der Waals surface area contributed by atoms with E-state index in [1.165, 1.54) is 18.2 Å². The van der Waals surface area contributed by atoms with Crippen LogP contribution >= 0.6 is 11.6 Å². The van der Waals surface area contributed by atoms with E-state index in [9.17, 15) is 19.1 Å². The summed E-state index contributed by atoms with van der Waals surface area (Å²) in [6.45, 7) is 2.81. The number of piperidine rings is 1. The largest absolute Gasteiger partial charge is 0.493 e. The fourth-order valence-corrected chi connectivity index (χ4v) is 5.65. The monoisotopic (exact) mass is 532 g/mol. The predicted molar refractivity (Wildman–Crippen MR) is 135 cm³/mol. The van der Waals surface area contributed by atoms with Gasteiger partial charge in [-0.05, 0) is 98.8 Å². The molecular weight excluding hydrogens is 502 g/mol. The lowest BCUT2D eigenvalue weighted by Gasteiger charge is -2.32. The van der Waals surface area contributed by atoms with Gasteiger partial charge in [0.05, 0.1) is 18.2 Å². The standard InChI is InChI=1S/C28H31ClF2N2O4/c29-19-9-17(10-20(30)11-19)14-33-7-5-16(6-8-33)15-37-26-13-23(31)22(12-21(26)18-1-2-18)27(34)24-3-4-25(32-24)28(35)36/h9-13,16,18,24-25,32H,1-8,14-15H2,(H,35,36). The van der Waals surface area contributed by atoms with Gasteiger partial charge < -0.3 is 9.84 Å². The van der Waals surface area contributed by atoms with Gasteiger partial charge in [0.15, 0.2) is 5.78 Å². The van der Waals surface area contributed by atoms with Crippen molar-refractivity contribution in [2.75, 3.05) is 19.7 Å². The Morgan fingerprint density at radius 3 is 2.38 bits per heavy atom. The number of hydrogen-bond donors (Lipinski definition) is 2. The molecule has 0 amide bonds. The molecular formula is C28H31ClF2N2O4. The van der Waals surface area contributed by atoms with Crippen molar-refractivity contribution in [1.29, 1.82) is 0 Å². The highest BCUT2D eigenvalue weighted by Crippen LogP contribution is 2.45. The zero-order chi connectivity index (χ0) is 26.1. The molecule has 2 unspecified atom stereocenters. The fourth-order valence-electron chi connectivity index (χ4n) is 5.41. The molecule has 2 saturated heterocycles. The molecule has 1 saturated carbocycles. The van der Waals surface area contributed by atoms with Crippen LogP contribution in [0.15, 0.2) is 30.3 Å². The topological polar surface area (TPSA) is 78.9 Å². The lowest BCUT2D eigenvalue weighted by Crippen LogP contribution is -2.39. The molecule has 2 aromatic carbocycles. The number of aliphatic carboxylic acids is 1. The fraction of sp³-hybridized carbons (Fsp3) is 0.500. The first kappa shape index (κ1) is 26.1. The molecule has 2 heterocycles. The average Bonchev–Trinajstić information content (AvgIpc) is 3.57. The van der Waals surface area contributed by atoms with Crippen molar-refractivity contribution in [3.8, 4) is 5.75 Å². The minimum absolute atomic E-state index is 0.00329. The number of halogens is 3. The number of ether oxygens (including phenoxy) is 1. The summed E-state index contributed by atoms with van der Waals surface area (Å²) in [6, 6.07) is 6.08. The quantitative estimate of drug-likeness (QED) is 0.434. The highest BCUT2D eigenvalue weighted by atomic mass is 35.5. The van der Waals surface area contributed by atoms with E-state index in [0.29, 0.717) is 42.7 Å². The summed E-state index contributed by atoms with van der Waals surface area (Å²) in [4.78, 5) is 26.5. The zero-order valence-electron chi connectivity index (χ0n) is 20.5. The molecule has 0 bridgehead atoms. The Bertz CT molecular complexity index is 1160. The third-order valence-electron chi connectivity index (χ3n) is 7.65.